The van der Waals surface area contributed by atoms with Gasteiger partial charge in [0.25, 0.3) is 0 Å². The second kappa shape index (κ2) is 14.1. The summed E-state index contributed by atoms with van der Waals surface area (Å²) in [6.45, 7) is 11.4. The van der Waals surface area contributed by atoms with E-state index in [2.05, 4.69) is 28.6 Å². The van der Waals surface area contributed by atoms with Gasteiger partial charge >= 0.3 is 0 Å². The van der Waals surface area contributed by atoms with Gasteiger partial charge in [0.05, 0.1) is 19.3 Å². The van der Waals surface area contributed by atoms with Crippen molar-refractivity contribution in [2.75, 3.05) is 53.2 Å². The van der Waals surface area contributed by atoms with Crippen molar-refractivity contribution in [3.05, 3.63) is 23.8 Å². The second-order valence-corrected chi connectivity index (χ2v) is 7.42. The maximum Gasteiger partial charge on any atom is 0.191 e. The molecule has 0 saturated carbocycles. The van der Waals surface area contributed by atoms with Crippen molar-refractivity contribution in [2.24, 2.45) is 10.9 Å². The summed E-state index contributed by atoms with van der Waals surface area (Å²) in [7, 11) is 1.79. The van der Waals surface area contributed by atoms with E-state index in [4.69, 9.17) is 18.9 Å². The Kier molecular flexibility index (Phi) is 11.4. The normalized spacial score (nSPS) is 16.2. The van der Waals surface area contributed by atoms with Gasteiger partial charge in [-0.25, -0.2) is 0 Å². The van der Waals surface area contributed by atoms with Crippen LogP contribution < -0.4 is 20.1 Å². The molecule has 0 amide bonds. The molecule has 1 aliphatic rings. The monoisotopic (exact) mass is 421 g/mol. The van der Waals surface area contributed by atoms with Crippen molar-refractivity contribution in [1.82, 2.24) is 10.6 Å². The van der Waals surface area contributed by atoms with E-state index >= 15 is 0 Å². The first kappa shape index (κ1) is 24.3. The molecular weight excluding hydrogens is 382 g/mol. The number of nitrogens with zero attached hydrogens (tertiary/aromatic N) is 1. The average molecular weight is 422 g/mol. The number of ether oxygens (including phenoxy) is 4. The number of nitrogens with one attached hydrogen (secondary N) is 2. The van der Waals surface area contributed by atoms with Crippen LogP contribution in [-0.4, -0.2) is 59.2 Å². The number of guanidine groups is 1. The van der Waals surface area contributed by atoms with E-state index in [1.807, 2.05) is 26.0 Å². The summed E-state index contributed by atoms with van der Waals surface area (Å²) in [6, 6.07) is 6.14. The van der Waals surface area contributed by atoms with E-state index < -0.39 is 0 Å². The van der Waals surface area contributed by atoms with Gasteiger partial charge in [-0.05, 0) is 63.6 Å². The zero-order valence-electron chi connectivity index (χ0n) is 19.0. The van der Waals surface area contributed by atoms with E-state index in [0.29, 0.717) is 19.1 Å². The Morgan fingerprint density at radius 2 is 1.90 bits per heavy atom. The second-order valence-electron chi connectivity index (χ2n) is 7.42. The Balaban J connectivity index is 1.73. The molecule has 30 heavy (non-hydrogen) atoms. The molecular formula is C23H39N3O4. The number of rotatable bonds is 12. The van der Waals surface area contributed by atoms with Crippen LogP contribution in [0, 0.1) is 5.92 Å². The van der Waals surface area contributed by atoms with Crippen molar-refractivity contribution >= 4 is 5.96 Å². The van der Waals surface area contributed by atoms with Gasteiger partial charge in [-0.3, -0.25) is 4.99 Å². The smallest absolute Gasteiger partial charge is 0.191 e. The third kappa shape index (κ3) is 8.40. The first-order valence-electron chi connectivity index (χ1n) is 11.2. The summed E-state index contributed by atoms with van der Waals surface area (Å²) in [6.07, 6.45) is 3.17. The predicted molar refractivity (Wildman–Crippen MR) is 121 cm³/mol. The zero-order valence-corrected chi connectivity index (χ0v) is 19.0. The first-order chi connectivity index (χ1) is 14.7. The van der Waals surface area contributed by atoms with E-state index in [-0.39, 0.29) is 6.04 Å². The molecule has 1 heterocycles. The van der Waals surface area contributed by atoms with Crippen LogP contribution in [-0.2, 0) is 9.47 Å². The fraction of sp³-hybridized carbons (Fsp3) is 0.696. The van der Waals surface area contributed by atoms with Gasteiger partial charge in [-0.15, -0.1) is 0 Å². The van der Waals surface area contributed by atoms with Crippen molar-refractivity contribution in [2.45, 2.75) is 46.1 Å². The molecule has 1 aromatic carbocycles. The first-order valence-corrected chi connectivity index (χ1v) is 11.2. The van der Waals surface area contributed by atoms with Crippen molar-refractivity contribution < 1.29 is 18.9 Å². The molecule has 1 fully saturated rings. The SMILES string of the molecule is CCOc1ccc(C(C)NC(=NC)NCCCOCC2CCOCC2)cc1OCC. The highest BCUT2D eigenvalue weighted by Crippen LogP contribution is 2.30. The average Bonchev–Trinajstić information content (AvgIpc) is 2.77. The van der Waals surface area contributed by atoms with Crippen LogP contribution in [0.15, 0.2) is 23.2 Å². The van der Waals surface area contributed by atoms with Crippen molar-refractivity contribution in [3.63, 3.8) is 0 Å². The summed E-state index contributed by atoms with van der Waals surface area (Å²) in [5.74, 6) is 2.98. The summed E-state index contributed by atoms with van der Waals surface area (Å²) < 4.78 is 22.6. The third-order valence-electron chi connectivity index (χ3n) is 5.10. The lowest BCUT2D eigenvalue weighted by Gasteiger charge is -2.22. The maximum absolute atomic E-state index is 5.82. The number of aliphatic imine (C=N–C) groups is 1. The number of benzene rings is 1. The molecule has 7 nitrogen and oxygen atoms in total. The largest absolute Gasteiger partial charge is 0.490 e. The van der Waals surface area contributed by atoms with Crippen LogP contribution >= 0.6 is 0 Å². The van der Waals surface area contributed by atoms with Crippen LogP contribution in [0.3, 0.4) is 0 Å². The molecule has 1 saturated heterocycles. The van der Waals surface area contributed by atoms with E-state index in [1.54, 1.807) is 7.05 Å². The fourth-order valence-electron chi connectivity index (χ4n) is 3.36. The van der Waals surface area contributed by atoms with Gasteiger partial charge < -0.3 is 29.6 Å². The Bertz CT molecular complexity index is 633. The molecule has 1 unspecified atom stereocenters. The zero-order chi connectivity index (χ0) is 21.6. The Labute approximate surface area is 181 Å². The molecule has 0 bridgehead atoms. The quantitative estimate of drug-likeness (QED) is 0.306. The predicted octanol–water partition coefficient (Wildman–Crippen LogP) is 3.54. The lowest BCUT2D eigenvalue weighted by Crippen LogP contribution is -2.39. The molecule has 1 aliphatic heterocycles. The highest BCUT2D eigenvalue weighted by atomic mass is 16.5. The van der Waals surface area contributed by atoms with E-state index in [9.17, 15) is 0 Å². The number of hydrogen-bond acceptors (Lipinski definition) is 5. The van der Waals surface area contributed by atoms with Crippen LogP contribution in [0.5, 0.6) is 11.5 Å². The number of hydrogen-bond donors (Lipinski definition) is 2. The summed E-state index contributed by atoms with van der Waals surface area (Å²) in [5, 5.41) is 6.80. The lowest BCUT2D eigenvalue weighted by molar-refractivity contribution is 0.0203. The van der Waals surface area contributed by atoms with Crippen LogP contribution in [0.1, 0.15) is 51.6 Å². The van der Waals surface area contributed by atoms with Gasteiger partial charge in [0.1, 0.15) is 0 Å². The summed E-state index contributed by atoms with van der Waals surface area (Å²) in [5.41, 5.74) is 1.12. The van der Waals surface area contributed by atoms with Gasteiger partial charge in [0.15, 0.2) is 17.5 Å². The van der Waals surface area contributed by atoms with Crippen LogP contribution in [0.4, 0.5) is 0 Å². The molecule has 2 N–H and O–H groups in total. The molecule has 0 radical (unpaired) electrons. The topological polar surface area (TPSA) is 73.3 Å². The van der Waals surface area contributed by atoms with Gasteiger partial charge in [0.2, 0.25) is 0 Å². The molecule has 170 valence electrons. The summed E-state index contributed by atoms with van der Waals surface area (Å²) in [4.78, 5) is 4.33. The van der Waals surface area contributed by atoms with Gasteiger partial charge in [-0.1, -0.05) is 6.07 Å². The molecule has 2 rings (SSSR count). The van der Waals surface area contributed by atoms with Crippen LogP contribution in [0.25, 0.3) is 0 Å². The third-order valence-corrected chi connectivity index (χ3v) is 5.10. The molecule has 0 spiro atoms. The minimum absolute atomic E-state index is 0.0795. The highest BCUT2D eigenvalue weighted by Gasteiger charge is 2.14. The van der Waals surface area contributed by atoms with Crippen molar-refractivity contribution in [1.29, 1.82) is 0 Å². The van der Waals surface area contributed by atoms with E-state index in [0.717, 1.165) is 75.3 Å². The van der Waals surface area contributed by atoms with E-state index in [1.165, 1.54) is 0 Å². The summed E-state index contributed by atoms with van der Waals surface area (Å²) >= 11 is 0. The standard InChI is InChI=1S/C23H39N3O4/c1-5-29-21-9-8-20(16-22(21)30-6-2)18(3)26-23(24-4)25-12-7-13-28-17-19-10-14-27-15-11-19/h8-9,16,18-19H,5-7,10-15,17H2,1-4H3,(H2,24,25,26). The minimum Gasteiger partial charge on any atom is -0.490 e. The minimum atomic E-state index is 0.0795. The molecule has 0 aliphatic carbocycles. The molecule has 1 atom stereocenters. The molecule has 7 heteroatoms. The Morgan fingerprint density at radius 3 is 2.60 bits per heavy atom. The Morgan fingerprint density at radius 1 is 1.17 bits per heavy atom. The molecule has 1 aromatic rings. The highest BCUT2D eigenvalue weighted by molar-refractivity contribution is 5.80. The lowest BCUT2D eigenvalue weighted by atomic mass is 10.0. The maximum atomic E-state index is 5.82. The fourth-order valence-corrected chi connectivity index (χ4v) is 3.36. The van der Waals surface area contributed by atoms with Gasteiger partial charge in [-0.2, -0.15) is 0 Å². The Hall–Kier alpha value is -1.99. The molecule has 0 aromatic heterocycles. The van der Waals surface area contributed by atoms with Crippen molar-refractivity contribution in [3.8, 4) is 11.5 Å². The van der Waals surface area contributed by atoms with Crippen LogP contribution in [0.2, 0.25) is 0 Å². The van der Waals surface area contributed by atoms with Gasteiger partial charge in [0, 0.05) is 40.0 Å².